The van der Waals surface area contributed by atoms with Gasteiger partial charge in [0.2, 0.25) is 35.4 Å². The maximum absolute atomic E-state index is 14.5. The Morgan fingerprint density at radius 1 is 0.712 bits per heavy atom. The van der Waals surface area contributed by atoms with Gasteiger partial charge in [0.1, 0.15) is 36.0 Å². The van der Waals surface area contributed by atoms with Gasteiger partial charge in [-0.3, -0.25) is 43.3 Å². The first-order chi connectivity index (χ1) is 31.7. The molecule has 0 aliphatic carbocycles. The summed E-state index contributed by atoms with van der Waals surface area (Å²) in [6, 6.07) is 8.97. The number of nitrogens with two attached hydrogens (primary N) is 2. The Labute approximate surface area is 382 Å². The van der Waals surface area contributed by atoms with Crippen LogP contribution in [0.25, 0.3) is 10.9 Å². The van der Waals surface area contributed by atoms with Crippen LogP contribution in [0.3, 0.4) is 0 Å². The van der Waals surface area contributed by atoms with Crippen LogP contribution in [0.5, 0.6) is 0 Å². The number of aromatic nitrogens is 3. The standard InChI is InChI=1S/C46H60N12O8/c1-27(59)34-15-8-6-13-32(61)18-19-37(53-28(2)60)42(63)58-40(23-31-25-49-26-52-31)45(66)56-38(21-29-11-4-3-5-12-29)43(64)55-36(17-10-20-50-46(47)48)41(62)57-39(44(65)54-34)22-30-24-51-35-16-9-7-14-33(30)35/h3-5,7,9,11-12,14,16,24-26,34,36-40,51H,6,8,10,13,15,17-23H2,1-2H3,(H,49,52)(H,53,60)(H,54,65)(H,55,64)(H,56,66)(H,57,62)(H,58,63)(H4,47,48,50)/t34-,36-,37-,38+,39-,40-/m0/s1. The molecule has 3 heterocycles. The topological polar surface area (TPSA) is 318 Å². The number of para-hydroxylation sites is 1. The number of Topliss-reactive ketones (excluding diaryl/α,β-unsaturated/α-hetero) is 2. The van der Waals surface area contributed by atoms with Crippen LogP contribution in [0.4, 0.5) is 0 Å². The highest BCUT2D eigenvalue weighted by atomic mass is 16.2. The number of nitrogens with zero attached hydrogens (tertiary/aromatic N) is 2. The molecule has 0 bridgehead atoms. The summed E-state index contributed by atoms with van der Waals surface area (Å²) in [5.74, 6) is -4.88. The minimum Gasteiger partial charge on any atom is -0.370 e. The number of benzene rings is 2. The smallest absolute Gasteiger partial charge is 0.243 e. The molecule has 66 heavy (non-hydrogen) atoms. The summed E-state index contributed by atoms with van der Waals surface area (Å²) < 4.78 is 0. The number of rotatable bonds is 12. The van der Waals surface area contributed by atoms with E-state index >= 15 is 0 Å². The van der Waals surface area contributed by atoms with E-state index in [2.05, 4.69) is 51.8 Å². The summed E-state index contributed by atoms with van der Waals surface area (Å²) in [5.41, 5.74) is 13.8. The maximum Gasteiger partial charge on any atom is 0.243 e. The van der Waals surface area contributed by atoms with Crippen molar-refractivity contribution in [1.82, 2.24) is 46.9 Å². The van der Waals surface area contributed by atoms with Crippen molar-refractivity contribution in [2.75, 3.05) is 6.54 Å². The van der Waals surface area contributed by atoms with Crippen LogP contribution >= 0.6 is 0 Å². The molecule has 1 saturated heterocycles. The number of carbonyl (C=O) groups excluding carboxylic acids is 8. The highest BCUT2D eigenvalue weighted by Crippen LogP contribution is 2.20. The largest absolute Gasteiger partial charge is 0.370 e. The molecule has 1 aliphatic heterocycles. The van der Waals surface area contributed by atoms with Crippen LogP contribution in [0.15, 0.2) is 78.3 Å². The third kappa shape index (κ3) is 15.4. The van der Waals surface area contributed by atoms with Crippen molar-refractivity contribution in [3.63, 3.8) is 0 Å². The molecular formula is C46H60N12O8. The molecule has 12 N–H and O–H groups in total. The summed E-state index contributed by atoms with van der Waals surface area (Å²) in [5, 5.41) is 17.3. The summed E-state index contributed by atoms with van der Waals surface area (Å²) in [7, 11) is 0. The number of aromatic amines is 2. The number of H-pyrrole nitrogens is 2. The van der Waals surface area contributed by atoms with E-state index in [-0.39, 0.29) is 81.9 Å². The molecule has 0 saturated carbocycles. The number of guanidine groups is 1. The van der Waals surface area contributed by atoms with Crippen molar-refractivity contribution in [3.8, 4) is 0 Å². The Morgan fingerprint density at radius 2 is 1.35 bits per heavy atom. The number of ketones is 2. The zero-order chi connectivity index (χ0) is 47.6. The Morgan fingerprint density at radius 3 is 2.03 bits per heavy atom. The van der Waals surface area contributed by atoms with Crippen molar-refractivity contribution in [3.05, 3.63) is 90.1 Å². The van der Waals surface area contributed by atoms with E-state index in [9.17, 15) is 38.4 Å². The molecular weight excluding hydrogens is 849 g/mol. The second-order valence-electron chi connectivity index (χ2n) is 16.5. The molecule has 2 aromatic carbocycles. The van der Waals surface area contributed by atoms with Gasteiger partial charge in [-0.15, -0.1) is 0 Å². The molecule has 20 nitrogen and oxygen atoms in total. The lowest BCUT2D eigenvalue weighted by Gasteiger charge is -2.27. The van der Waals surface area contributed by atoms with Crippen LogP contribution in [-0.4, -0.2) is 111 Å². The quantitative estimate of drug-likeness (QED) is 0.0528. The molecule has 352 valence electrons. The van der Waals surface area contributed by atoms with E-state index in [4.69, 9.17) is 11.5 Å². The van der Waals surface area contributed by atoms with Gasteiger partial charge < -0.3 is 53.3 Å². The summed E-state index contributed by atoms with van der Waals surface area (Å²) in [4.78, 5) is 124. The second kappa shape index (κ2) is 24.6. The van der Waals surface area contributed by atoms with Gasteiger partial charge in [0.05, 0.1) is 12.4 Å². The van der Waals surface area contributed by atoms with Crippen molar-refractivity contribution >= 4 is 63.9 Å². The Kier molecular flexibility index (Phi) is 18.5. The number of hydrogen-bond acceptors (Lipinski definition) is 10. The molecule has 6 amide bonds. The number of nitrogens with one attached hydrogen (secondary N) is 8. The number of imidazole rings is 1. The first kappa shape index (κ1) is 49.6. The van der Waals surface area contributed by atoms with Gasteiger partial charge in [-0.2, -0.15) is 0 Å². The van der Waals surface area contributed by atoms with E-state index in [0.717, 1.165) is 10.9 Å². The van der Waals surface area contributed by atoms with E-state index in [1.165, 1.54) is 26.4 Å². The molecule has 5 rings (SSSR count). The lowest BCUT2D eigenvalue weighted by Crippen LogP contribution is -2.60. The predicted molar refractivity (Wildman–Crippen MR) is 245 cm³/mol. The summed E-state index contributed by atoms with van der Waals surface area (Å²) in [6.07, 6.45) is 5.58. The maximum atomic E-state index is 14.5. The normalized spacial score (nSPS) is 22.2. The molecule has 4 aromatic rings. The number of carbonyl (C=O) groups is 8. The minimum atomic E-state index is -1.32. The van der Waals surface area contributed by atoms with Gasteiger partial charge >= 0.3 is 0 Å². The number of hydrogen-bond donors (Lipinski definition) is 10. The first-order valence-corrected chi connectivity index (χ1v) is 22.1. The van der Waals surface area contributed by atoms with Crippen molar-refractivity contribution in [2.24, 2.45) is 16.5 Å². The van der Waals surface area contributed by atoms with E-state index in [1.807, 2.05) is 24.3 Å². The lowest BCUT2D eigenvalue weighted by atomic mass is 9.99. The molecule has 20 heteroatoms. The van der Waals surface area contributed by atoms with E-state index in [0.29, 0.717) is 29.7 Å². The third-order valence-electron chi connectivity index (χ3n) is 11.2. The third-order valence-corrected chi connectivity index (χ3v) is 11.2. The van der Waals surface area contributed by atoms with Crippen LogP contribution in [0, 0.1) is 0 Å². The van der Waals surface area contributed by atoms with Gasteiger partial charge in [0, 0.05) is 74.6 Å². The highest BCUT2D eigenvalue weighted by Gasteiger charge is 2.34. The molecule has 2 aromatic heterocycles. The lowest BCUT2D eigenvalue weighted by molar-refractivity contribution is -0.135. The fourth-order valence-corrected chi connectivity index (χ4v) is 7.74. The Hall–Kier alpha value is -7.38. The molecule has 1 aliphatic rings. The molecule has 0 radical (unpaired) electrons. The number of fused-ring (bicyclic) bond motifs is 1. The van der Waals surface area contributed by atoms with E-state index in [1.54, 1.807) is 36.5 Å². The predicted octanol–water partition coefficient (Wildman–Crippen LogP) is 0.414. The SMILES string of the molecule is CC(=O)N[C@H]1CCC(=O)CCCC[C@@H](C(C)=O)NC(=O)[C@H](Cc2c[nH]c3ccccc23)NC(=O)[C@H](CCCN=C(N)N)NC(=O)[C@@H](Cc2ccccc2)NC(=O)[C@H](Cc2cnc[nH]2)NC1=O. The Bertz CT molecular complexity index is 2340. The number of aliphatic imine (C=N–C) groups is 1. The second-order valence-corrected chi connectivity index (χ2v) is 16.5. The van der Waals surface area contributed by atoms with E-state index < -0.39 is 71.7 Å². The zero-order valence-electron chi connectivity index (χ0n) is 37.2. The summed E-state index contributed by atoms with van der Waals surface area (Å²) >= 11 is 0. The van der Waals surface area contributed by atoms with Crippen LogP contribution in [-0.2, 0) is 57.6 Å². The Balaban J connectivity index is 1.53. The minimum absolute atomic E-state index is 0.000381. The van der Waals surface area contributed by atoms with Crippen LogP contribution in [0.1, 0.15) is 82.0 Å². The van der Waals surface area contributed by atoms with Gasteiger partial charge in [-0.1, -0.05) is 55.0 Å². The average Bonchev–Trinajstić information content (AvgIpc) is 3.96. The number of amides is 6. The monoisotopic (exact) mass is 908 g/mol. The van der Waals surface area contributed by atoms with Crippen molar-refractivity contribution in [1.29, 1.82) is 0 Å². The summed E-state index contributed by atoms with van der Waals surface area (Å²) in [6.45, 7) is 2.67. The fraction of sp³-hybridized carbons (Fsp3) is 0.435. The fourth-order valence-electron chi connectivity index (χ4n) is 7.74. The van der Waals surface area contributed by atoms with Gasteiger partial charge in [-0.25, -0.2) is 4.98 Å². The molecule has 1 fully saturated rings. The zero-order valence-corrected chi connectivity index (χ0v) is 37.2. The highest BCUT2D eigenvalue weighted by molar-refractivity contribution is 5.98. The van der Waals surface area contributed by atoms with Gasteiger partial charge in [0.15, 0.2) is 11.7 Å². The van der Waals surface area contributed by atoms with Gasteiger partial charge in [0.25, 0.3) is 0 Å². The van der Waals surface area contributed by atoms with Crippen molar-refractivity contribution in [2.45, 2.75) is 121 Å². The first-order valence-electron chi connectivity index (χ1n) is 22.1. The van der Waals surface area contributed by atoms with Crippen LogP contribution < -0.4 is 43.4 Å². The van der Waals surface area contributed by atoms with Gasteiger partial charge in [-0.05, 0) is 56.2 Å². The molecule has 0 unspecified atom stereocenters. The molecule has 6 atom stereocenters. The van der Waals surface area contributed by atoms with Crippen LogP contribution in [0.2, 0.25) is 0 Å². The molecule has 0 spiro atoms. The average molecular weight is 909 g/mol. The van der Waals surface area contributed by atoms with Crippen molar-refractivity contribution < 1.29 is 38.4 Å².